The fraction of sp³-hybridized carbons (Fsp3) is 0.375. The molecule has 0 aliphatic carbocycles. The average molecular weight is 188 g/mol. The van der Waals surface area contributed by atoms with Crippen molar-refractivity contribution in [3.8, 4) is 5.88 Å². The maximum Gasteiger partial charge on any atom is 0.280 e. The van der Waals surface area contributed by atoms with Crippen molar-refractivity contribution in [3.05, 3.63) is 23.4 Å². The van der Waals surface area contributed by atoms with Crippen molar-refractivity contribution >= 4 is 0 Å². The number of hydrogen-bond acceptors (Lipinski definition) is 3. The fourth-order valence-corrected chi connectivity index (χ4v) is 0.916. The molecule has 0 saturated carbocycles. The summed E-state index contributed by atoms with van der Waals surface area (Å²) in [7, 11) is 1.37. The van der Waals surface area contributed by atoms with Crippen LogP contribution in [-0.4, -0.2) is 12.1 Å². The molecule has 0 unspecified atom stereocenters. The van der Waals surface area contributed by atoms with E-state index in [9.17, 15) is 8.78 Å². The minimum absolute atomic E-state index is 0.165. The number of hydrogen-bond donors (Lipinski definition) is 1. The number of nitrogens with zero attached hydrogens (tertiary/aromatic N) is 1. The first-order valence-corrected chi connectivity index (χ1v) is 3.70. The van der Waals surface area contributed by atoms with Gasteiger partial charge >= 0.3 is 0 Å². The zero-order valence-electron chi connectivity index (χ0n) is 7.13. The van der Waals surface area contributed by atoms with E-state index in [1.54, 1.807) is 0 Å². The van der Waals surface area contributed by atoms with Crippen molar-refractivity contribution in [1.82, 2.24) is 4.98 Å². The Morgan fingerprint density at radius 3 is 2.69 bits per heavy atom. The minimum Gasteiger partial charge on any atom is -0.481 e. The lowest BCUT2D eigenvalue weighted by molar-refractivity contribution is 0.145. The summed E-state index contributed by atoms with van der Waals surface area (Å²) in [5.41, 5.74) is 5.59. The first-order chi connectivity index (χ1) is 6.17. The van der Waals surface area contributed by atoms with Gasteiger partial charge in [-0.2, -0.15) is 0 Å². The van der Waals surface area contributed by atoms with Crippen LogP contribution in [0, 0.1) is 0 Å². The molecule has 0 atom stereocenters. The van der Waals surface area contributed by atoms with Crippen LogP contribution in [0.5, 0.6) is 5.88 Å². The summed E-state index contributed by atoms with van der Waals surface area (Å²) in [5.74, 6) is 0.165. The summed E-state index contributed by atoms with van der Waals surface area (Å²) in [6, 6.07) is 2.80. The van der Waals surface area contributed by atoms with Crippen LogP contribution in [0.2, 0.25) is 0 Å². The summed E-state index contributed by atoms with van der Waals surface area (Å²) in [4.78, 5) is 3.57. The van der Waals surface area contributed by atoms with E-state index in [4.69, 9.17) is 10.5 Å². The zero-order chi connectivity index (χ0) is 9.84. The van der Waals surface area contributed by atoms with E-state index < -0.39 is 6.43 Å². The summed E-state index contributed by atoms with van der Waals surface area (Å²) in [6.07, 6.45) is -2.60. The van der Waals surface area contributed by atoms with Gasteiger partial charge in [-0.25, -0.2) is 13.8 Å². The Kier molecular flexibility index (Phi) is 3.13. The monoisotopic (exact) mass is 188 g/mol. The Morgan fingerprint density at radius 2 is 2.23 bits per heavy atom. The van der Waals surface area contributed by atoms with Gasteiger partial charge in [0.25, 0.3) is 6.43 Å². The van der Waals surface area contributed by atoms with Crippen LogP contribution in [0.25, 0.3) is 0 Å². The molecule has 0 aliphatic heterocycles. The summed E-state index contributed by atoms with van der Waals surface area (Å²) < 4.78 is 29.2. The Balaban J connectivity index is 3.07. The van der Waals surface area contributed by atoms with E-state index >= 15 is 0 Å². The first-order valence-electron chi connectivity index (χ1n) is 3.70. The van der Waals surface area contributed by atoms with Gasteiger partial charge in [-0.15, -0.1) is 0 Å². The molecule has 0 fully saturated rings. The summed E-state index contributed by atoms with van der Waals surface area (Å²) in [5, 5.41) is 0. The van der Waals surface area contributed by atoms with Crippen LogP contribution in [0.4, 0.5) is 8.78 Å². The highest BCUT2D eigenvalue weighted by Crippen LogP contribution is 2.21. The molecule has 3 nitrogen and oxygen atoms in total. The molecule has 1 aromatic heterocycles. The molecule has 0 aliphatic rings. The Morgan fingerprint density at radius 1 is 1.54 bits per heavy atom. The van der Waals surface area contributed by atoms with Gasteiger partial charge in [-0.05, 0) is 11.6 Å². The second kappa shape index (κ2) is 4.13. The van der Waals surface area contributed by atoms with Gasteiger partial charge in [-0.1, -0.05) is 0 Å². The maximum atomic E-state index is 12.2. The lowest BCUT2D eigenvalue weighted by Gasteiger charge is -2.05. The van der Waals surface area contributed by atoms with E-state index in [1.165, 1.54) is 19.2 Å². The third-order valence-corrected chi connectivity index (χ3v) is 1.55. The number of methoxy groups -OCH3 is 1. The molecular weight excluding hydrogens is 178 g/mol. The molecule has 5 heteroatoms. The van der Waals surface area contributed by atoms with Crippen molar-refractivity contribution in [2.75, 3.05) is 7.11 Å². The van der Waals surface area contributed by atoms with E-state index in [1.807, 2.05) is 0 Å². The Hall–Kier alpha value is -1.23. The number of ether oxygens (including phenoxy) is 1. The summed E-state index contributed by atoms with van der Waals surface area (Å²) >= 11 is 0. The molecule has 13 heavy (non-hydrogen) atoms. The van der Waals surface area contributed by atoms with Gasteiger partial charge in [0.2, 0.25) is 5.88 Å². The number of pyridine rings is 1. The normalized spacial score (nSPS) is 10.5. The van der Waals surface area contributed by atoms with Crippen LogP contribution in [0.15, 0.2) is 12.1 Å². The van der Waals surface area contributed by atoms with Crippen molar-refractivity contribution in [1.29, 1.82) is 0 Å². The molecule has 0 aromatic carbocycles. The molecule has 0 spiro atoms. The molecular formula is C8H10F2N2O. The second-order valence-corrected chi connectivity index (χ2v) is 2.45. The third kappa shape index (κ3) is 2.35. The van der Waals surface area contributed by atoms with Crippen LogP contribution < -0.4 is 10.5 Å². The highest BCUT2D eigenvalue weighted by Gasteiger charge is 2.11. The van der Waals surface area contributed by atoms with Gasteiger partial charge in [0.15, 0.2) is 0 Å². The molecule has 0 bridgehead atoms. The van der Waals surface area contributed by atoms with Crippen molar-refractivity contribution in [3.63, 3.8) is 0 Å². The van der Waals surface area contributed by atoms with Crippen molar-refractivity contribution in [2.45, 2.75) is 13.0 Å². The molecule has 0 amide bonds. The van der Waals surface area contributed by atoms with Gasteiger partial charge < -0.3 is 10.5 Å². The summed E-state index contributed by atoms with van der Waals surface area (Å²) in [6.45, 7) is 0.193. The van der Waals surface area contributed by atoms with Gasteiger partial charge in [0.1, 0.15) is 5.69 Å². The number of rotatable bonds is 3. The van der Waals surface area contributed by atoms with Gasteiger partial charge in [-0.3, -0.25) is 0 Å². The van der Waals surface area contributed by atoms with Gasteiger partial charge in [0.05, 0.1) is 7.11 Å². The van der Waals surface area contributed by atoms with Crippen LogP contribution in [0.1, 0.15) is 17.7 Å². The molecule has 2 N–H and O–H groups in total. The average Bonchev–Trinajstić information content (AvgIpc) is 2.16. The van der Waals surface area contributed by atoms with Crippen molar-refractivity contribution in [2.24, 2.45) is 5.73 Å². The zero-order valence-corrected chi connectivity index (χ0v) is 7.13. The first kappa shape index (κ1) is 9.85. The molecule has 0 radical (unpaired) electrons. The topological polar surface area (TPSA) is 48.1 Å². The third-order valence-electron chi connectivity index (χ3n) is 1.55. The number of alkyl halides is 2. The van der Waals surface area contributed by atoms with E-state index in [2.05, 4.69) is 4.98 Å². The molecule has 72 valence electrons. The SMILES string of the molecule is COc1cc(CN)cc(C(F)F)n1. The van der Waals surface area contributed by atoms with Crippen LogP contribution in [-0.2, 0) is 6.54 Å². The predicted molar refractivity (Wildman–Crippen MR) is 43.6 cm³/mol. The van der Waals surface area contributed by atoms with Crippen molar-refractivity contribution < 1.29 is 13.5 Å². The molecule has 1 heterocycles. The smallest absolute Gasteiger partial charge is 0.280 e. The largest absolute Gasteiger partial charge is 0.481 e. The molecule has 1 aromatic rings. The Labute approximate surface area is 74.5 Å². The predicted octanol–water partition coefficient (Wildman–Crippen LogP) is 1.49. The Bertz CT molecular complexity index is 269. The lowest BCUT2D eigenvalue weighted by Crippen LogP contribution is -2.01. The quantitative estimate of drug-likeness (QED) is 0.781. The lowest BCUT2D eigenvalue weighted by atomic mass is 10.2. The molecule has 1 rings (SSSR count). The minimum atomic E-state index is -2.60. The van der Waals surface area contributed by atoms with E-state index in [0.29, 0.717) is 5.56 Å². The highest BCUT2D eigenvalue weighted by atomic mass is 19.3. The number of aromatic nitrogens is 1. The van der Waals surface area contributed by atoms with Crippen LogP contribution >= 0.6 is 0 Å². The van der Waals surface area contributed by atoms with Gasteiger partial charge in [0, 0.05) is 12.6 Å². The second-order valence-electron chi connectivity index (χ2n) is 2.45. The standard InChI is InChI=1S/C8H10F2N2O/c1-13-7-3-5(4-11)2-6(12-7)8(9)10/h2-3,8H,4,11H2,1H3. The van der Waals surface area contributed by atoms with E-state index in [-0.39, 0.29) is 18.1 Å². The number of halogens is 2. The molecule has 0 saturated heterocycles. The highest BCUT2D eigenvalue weighted by molar-refractivity contribution is 5.25. The maximum absolute atomic E-state index is 12.2. The van der Waals surface area contributed by atoms with Crippen LogP contribution in [0.3, 0.4) is 0 Å². The number of nitrogens with two attached hydrogens (primary N) is 1. The van der Waals surface area contributed by atoms with E-state index in [0.717, 1.165) is 0 Å². The fourth-order valence-electron chi connectivity index (χ4n) is 0.916.